The zero-order chi connectivity index (χ0) is 13.0. The first kappa shape index (κ1) is 13.8. The van der Waals surface area contributed by atoms with Gasteiger partial charge in [-0.2, -0.15) is 0 Å². The van der Waals surface area contributed by atoms with E-state index < -0.39 is 0 Å². The number of carbonyl (C=O) groups excluding carboxylic acids is 1. The van der Waals surface area contributed by atoms with Crippen molar-refractivity contribution in [1.82, 2.24) is 15.1 Å². The van der Waals surface area contributed by atoms with Crippen molar-refractivity contribution in [2.24, 2.45) is 0 Å². The molecular formula is C14H27N3O. The van der Waals surface area contributed by atoms with Gasteiger partial charge in [0.05, 0.1) is 5.54 Å². The minimum atomic E-state index is 0.139. The molecule has 0 unspecified atom stereocenters. The van der Waals surface area contributed by atoms with Crippen LogP contribution in [0.2, 0.25) is 0 Å². The maximum Gasteiger partial charge on any atom is 0.224 e. The van der Waals surface area contributed by atoms with Crippen molar-refractivity contribution in [1.29, 1.82) is 0 Å². The number of carbonyl (C=O) groups is 1. The number of rotatable bonds is 3. The van der Waals surface area contributed by atoms with Crippen LogP contribution in [0.4, 0.5) is 0 Å². The zero-order valence-electron chi connectivity index (χ0n) is 11.9. The number of hydrogen-bond donors (Lipinski definition) is 1. The summed E-state index contributed by atoms with van der Waals surface area (Å²) in [5.41, 5.74) is 0.139. The Labute approximate surface area is 111 Å². The molecule has 0 bridgehead atoms. The van der Waals surface area contributed by atoms with E-state index in [2.05, 4.69) is 15.1 Å². The fourth-order valence-corrected chi connectivity index (χ4v) is 3.34. The lowest BCUT2D eigenvalue weighted by atomic mass is 9.79. The summed E-state index contributed by atoms with van der Waals surface area (Å²) in [4.78, 5) is 16.7. The molecule has 104 valence electrons. The van der Waals surface area contributed by atoms with Crippen molar-refractivity contribution in [2.75, 3.05) is 40.3 Å². The smallest absolute Gasteiger partial charge is 0.224 e. The summed E-state index contributed by atoms with van der Waals surface area (Å²) in [6.07, 6.45) is 6.93. The van der Waals surface area contributed by atoms with Gasteiger partial charge in [0.2, 0.25) is 5.91 Å². The monoisotopic (exact) mass is 253 g/mol. The highest BCUT2D eigenvalue weighted by atomic mass is 16.2. The topological polar surface area (TPSA) is 35.6 Å². The first-order valence-corrected chi connectivity index (χ1v) is 7.30. The average molecular weight is 253 g/mol. The molecule has 1 heterocycles. The molecular weight excluding hydrogens is 226 g/mol. The van der Waals surface area contributed by atoms with E-state index in [9.17, 15) is 4.79 Å². The summed E-state index contributed by atoms with van der Waals surface area (Å²) in [6.45, 7) is 3.71. The standard InChI is InChI=1S/C14H27N3O/c1-16(2)10-6-13(18)17-11-9-15-12-14(17)7-4-3-5-8-14/h15H,3-12H2,1-2H3. The summed E-state index contributed by atoms with van der Waals surface area (Å²) in [6, 6.07) is 0. The third-order valence-corrected chi connectivity index (χ3v) is 4.40. The van der Waals surface area contributed by atoms with Gasteiger partial charge >= 0.3 is 0 Å². The molecule has 1 spiro atoms. The third kappa shape index (κ3) is 3.04. The molecule has 18 heavy (non-hydrogen) atoms. The minimum Gasteiger partial charge on any atom is -0.334 e. The molecule has 0 aromatic carbocycles. The zero-order valence-corrected chi connectivity index (χ0v) is 11.9. The Bertz CT molecular complexity index is 276. The van der Waals surface area contributed by atoms with Crippen LogP contribution in [0.15, 0.2) is 0 Å². The van der Waals surface area contributed by atoms with Gasteiger partial charge in [0.15, 0.2) is 0 Å². The van der Waals surface area contributed by atoms with Crippen LogP contribution in [0.3, 0.4) is 0 Å². The highest BCUT2D eigenvalue weighted by Crippen LogP contribution is 2.34. The number of piperazine rings is 1. The van der Waals surface area contributed by atoms with E-state index in [1.54, 1.807) is 0 Å². The molecule has 1 saturated carbocycles. The second-order valence-corrected chi connectivity index (χ2v) is 6.06. The molecule has 1 saturated heterocycles. The Kier molecular flexibility index (Phi) is 4.62. The van der Waals surface area contributed by atoms with E-state index in [0.717, 1.165) is 26.2 Å². The van der Waals surface area contributed by atoms with Gasteiger partial charge in [0.1, 0.15) is 0 Å². The normalized spacial score (nSPS) is 23.6. The molecule has 2 aliphatic rings. The lowest BCUT2D eigenvalue weighted by Gasteiger charge is -2.50. The molecule has 0 atom stereocenters. The van der Waals surface area contributed by atoms with Crippen LogP contribution in [0, 0.1) is 0 Å². The molecule has 4 heteroatoms. The van der Waals surface area contributed by atoms with Crippen LogP contribution in [0.5, 0.6) is 0 Å². The third-order valence-electron chi connectivity index (χ3n) is 4.40. The van der Waals surface area contributed by atoms with Gasteiger partial charge < -0.3 is 15.1 Å². The van der Waals surface area contributed by atoms with Gasteiger partial charge in [-0.15, -0.1) is 0 Å². The molecule has 1 aliphatic carbocycles. The van der Waals surface area contributed by atoms with Gasteiger partial charge in [-0.05, 0) is 26.9 Å². The van der Waals surface area contributed by atoms with E-state index in [4.69, 9.17) is 0 Å². The van der Waals surface area contributed by atoms with E-state index in [1.807, 2.05) is 14.1 Å². The van der Waals surface area contributed by atoms with Crippen molar-refractivity contribution in [3.8, 4) is 0 Å². The quantitative estimate of drug-likeness (QED) is 0.817. The maximum absolute atomic E-state index is 12.4. The van der Waals surface area contributed by atoms with Crippen molar-refractivity contribution < 1.29 is 4.79 Å². The number of nitrogens with zero attached hydrogens (tertiary/aromatic N) is 2. The lowest BCUT2D eigenvalue weighted by molar-refractivity contribution is -0.141. The molecule has 1 amide bonds. The lowest BCUT2D eigenvalue weighted by Crippen LogP contribution is -2.63. The number of amides is 1. The van der Waals surface area contributed by atoms with Crippen LogP contribution < -0.4 is 5.32 Å². The van der Waals surface area contributed by atoms with Crippen LogP contribution in [-0.2, 0) is 4.79 Å². The molecule has 0 radical (unpaired) electrons. The van der Waals surface area contributed by atoms with Crippen molar-refractivity contribution >= 4 is 5.91 Å². The van der Waals surface area contributed by atoms with Gasteiger partial charge in [0.25, 0.3) is 0 Å². The van der Waals surface area contributed by atoms with Crippen LogP contribution in [-0.4, -0.2) is 61.5 Å². The predicted octanol–water partition coefficient (Wildman–Crippen LogP) is 1.07. The van der Waals surface area contributed by atoms with Crippen molar-refractivity contribution in [3.63, 3.8) is 0 Å². The molecule has 2 fully saturated rings. The molecule has 2 rings (SSSR count). The molecule has 0 aromatic heterocycles. The largest absolute Gasteiger partial charge is 0.334 e. The van der Waals surface area contributed by atoms with E-state index in [-0.39, 0.29) is 5.54 Å². The van der Waals surface area contributed by atoms with Crippen LogP contribution in [0.1, 0.15) is 38.5 Å². The van der Waals surface area contributed by atoms with E-state index in [0.29, 0.717) is 12.3 Å². The second-order valence-electron chi connectivity index (χ2n) is 6.06. The van der Waals surface area contributed by atoms with Gasteiger partial charge in [-0.1, -0.05) is 19.3 Å². The number of hydrogen-bond acceptors (Lipinski definition) is 3. The average Bonchev–Trinajstić information content (AvgIpc) is 2.37. The van der Waals surface area contributed by atoms with Gasteiger partial charge in [0, 0.05) is 32.6 Å². The highest BCUT2D eigenvalue weighted by Gasteiger charge is 2.41. The highest BCUT2D eigenvalue weighted by molar-refractivity contribution is 5.77. The van der Waals surface area contributed by atoms with E-state index in [1.165, 1.54) is 32.1 Å². The molecule has 0 aromatic rings. The van der Waals surface area contributed by atoms with Gasteiger partial charge in [-0.3, -0.25) is 4.79 Å². The Morgan fingerprint density at radius 1 is 1.28 bits per heavy atom. The number of nitrogens with one attached hydrogen (secondary N) is 1. The molecule has 1 aliphatic heterocycles. The fraction of sp³-hybridized carbons (Fsp3) is 0.929. The Balaban J connectivity index is 2.00. The summed E-state index contributed by atoms with van der Waals surface area (Å²) in [5, 5.41) is 3.49. The van der Waals surface area contributed by atoms with E-state index >= 15 is 0 Å². The maximum atomic E-state index is 12.4. The minimum absolute atomic E-state index is 0.139. The Hall–Kier alpha value is -0.610. The van der Waals surface area contributed by atoms with Gasteiger partial charge in [-0.25, -0.2) is 0 Å². The SMILES string of the molecule is CN(C)CCC(=O)N1CCNCC12CCCCC2. The molecule has 1 N–H and O–H groups in total. The van der Waals surface area contributed by atoms with Crippen molar-refractivity contribution in [3.05, 3.63) is 0 Å². The summed E-state index contributed by atoms with van der Waals surface area (Å²) < 4.78 is 0. The molecule has 4 nitrogen and oxygen atoms in total. The first-order chi connectivity index (χ1) is 8.64. The predicted molar refractivity (Wildman–Crippen MR) is 73.6 cm³/mol. The first-order valence-electron chi connectivity index (χ1n) is 7.30. The summed E-state index contributed by atoms with van der Waals surface area (Å²) in [5.74, 6) is 0.354. The summed E-state index contributed by atoms with van der Waals surface area (Å²) >= 11 is 0. The van der Waals surface area contributed by atoms with Crippen LogP contribution in [0.25, 0.3) is 0 Å². The Morgan fingerprint density at radius 2 is 2.00 bits per heavy atom. The summed E-state index contributed by atoms with van der Waals surface area (Å²) in [7, 11) is 4.06. The Morgan fingerprint density at radius 3 is 2.67 bits per heavy atom. The second kappa shape index (κ2) is 6.02. The van der Waals surface area contributed by atoms with Crippen molar-refractivity contribution in [2.45, 2.75) is 44.1 Å². The van der Waals surface area contributed by atoms with Crippen LogP contribution >= 0.6 is 0 Å². The fourth-order valence-electron chi connectivity index (χ4n) is 3.34.